The van der Waals surface area contributed by atoms with Crippen molar-refractivity contribution in [3.63, 3.8) is 0 Å². The van der Waals surface area contributed by atoms with Gasteiger partial charge in [0.05, 0.1) is 0 Å². The summed E-state index contributed by atoms with van der Waals surface area (Å²) in [6.45, 7) is 5.42. The molecule has 0 aromatic carbocycles. The van der Waals surface area contributed by atoms with Gasteiger partial charge in [-0.1, -0.05) is 29.8 Å². The molecule has 0 rings (SSSR count). The van der Waals surface area contributed by atoms with Gasteiger partial charge >= 0.3 is 51.4 Å². The average Bonchev–Trinajstić information content (AvgIpc) is 2.10. The second-order valence-corrected chi connectivity index (χ2v) is 2.59. The van der Waals surface area contributed by atoms with Crippen LogP contribution in [0.5, 0.6) is 0 Å². The number of rotatable bonds is 3. The Hall–Kier alpha value is 2.77. The third-order valence-corrected chi connectivity index (χ3v) is 1.48. The minimum atomic E-state index is 0. The Morgan fingerprint density at radius 1 is 1.15 bits per heavy atom. The Kier molecular flexibility index (Phi) is 106. The van der Waals surface area contributed by atoms with E-state index < -0.39 is 0 Å². The first-order chi connectivity index (χ1) is 5.33. The molecule has 0 amide bonds. The molecule has 0 aliphatic heterocycles. The van der Waals surface area contributed by atoms with Crippen LogP contribution in [0.25, 0.3) is 0 Å². The largest absolute Gasteiger partial charge is 1.00 e. The molecule has 2 nitrogen and oxygen atoms in total. The predicted octanol–water partition coefficient (Wildman–Crippen LogP) is -4.01. The zero-order valence-electron chi connectivity index (χ0n) is 9.66. The maximum absolute atomic E-state index is 4.50. The van der Waals surface area contributed by atoms with Gasteiger partial charge in [-0.15, -0.1) is 0 Å². The first kappa shape index (κ1) is 29.7. The topological polar surface area (TPSA) is 38.0 Å². The quantitative estimate of drug-likeness (QED) is 0.292. The Labute approximate surface area is 152 Å². The van der Waals surface area contributed by atoms with E-state index in [1.165, 1.54) is 19.9 Å². The van der Waals surface area contributed by atoms with Crippen LogP contribution in [0, 0.1) is 0 Å². The first-order valence-electron chi connectivity index (χ1n) is 4.11. The third-order valence-electron chi connectivity index (χ3n) is 0.689. The van der Waals surface area contributed by atoms with Gasteiger partial charge in [0.25, 0.3) is 0 Å². The van der Waals surface area contributed by atoms with Crippen LogP contribution >= 0.6 is 15.9 Å². The van der Waals surface area contributed by atoms with Crippen LogP contribution in [0.3, 0.4) is 0 Å². The first-order valence-corrected chi connectivity index (χ1v) is 5.23. The second kappa shape index (κ2) is 46.4. The number of hydrogen-bond donors (Lipinski definition) is 2. The summed E-state index contributed by atoms with van der Waals surface area (Å²) in [6, 6.07) is 0. The fourth-order valence-electron chi connectivity index (χ4n) is 0.250. The van der Waals surface area contributed by atoms with Crippen LogP contribution in [0.4, 0.5) is 0 Å². The van der Waals surface area contributed by atoms with Crippen LogP contribution in [0.1, 0.15) is 26.7 Å². The van der Waals surface area contributed by atoms with E-state index in [1.54, 1.807) is 0 Å². The third kappa shape index (κ3) is 72.4. The van der Waals surface area contributed by atoms with E-state index >= 15 is 0 Å². The molecule has 0 heterocycles. The van der Waals surface area contributed by atoms with Crippen molar-refractivity contribution in [2.45, 2.75) is 26.7 Å². The van der Waals surface area contributed by atoms with Gasteiger partial charge in [0.1, 0.15) is 0 Å². The Bertz CT molecular complexity index is 41.3. The molecule has 0 unspecified atom stereocenters. The molecule has 5 heteroatoms. The molecule has 0 bridgehead atoms. The molecule has 0 radical (unpaired) electrons. The van der Waals surface area contributed by atoms with Gasteiger partial charge in [0.2, 0.25) is 0 Å². The number of nitrogens with two attached hydrogens (primary N) is 1. The number of halogens is 2. The molecule has 80 valence electrons. The summed E-state index contributed by atoms with van der Waals surface area (Å²) < 4.78 is 0. The van der Waals surface area contributed by atoms with Crippen molar-refractivity contribution in [3.8, 4) is 0 Å². The predicted molar refractivity (Wildman–Crippen MR) is 58.4 cm³/mol. The van der Waals surface area contributed by atoms with Crippen LogP contribution in [0.2, 0.25) is 0 Å². The fourth-order valence-corrected chi connectivity index (χ4v) is 0.250. The standard InChI is InChI=1S/C4H11N.C3H7Br.CH5N.HI.K/c1-3-4-5-2;1-2-3-4;1-2;;/h5H,3-4H2,1-2H3;2-3H2,1H3;2H2,1H3;1H;/q;;;;+1/p-1. The molecular weight excluding hydrogens is 370 g/mol. The normalized spacial score (nSPS) is 6.00. The zero-order valence-corrected chi connectivity index (χ0v) is 16.5. The van der Waals surface area contributed by atoms with E-state index in [9.17, 15) is 0 Å². The fraction of sp³-hybridized carbons (Fsp3) is 1.00. The van der Waals surface area contributed by atoms with Crippen molar-refractivity contribution in [2.24, 2.45) is 5.73 Å². The Morgan fingerprint density at radius 3 is 1.46 bits per heavy atom. The van der Waals surface area contributed by atoms with E-state index in [-0.39, 0.29) is 75.4 Å². The molecule has 0 saturated carbocycles. The van der Waals surface area contributed by atoms with Crippen molar-refractivity contribution < 1.29 is 75.4 Å². The molecule has 0 aliphatic rings. The van der Waals surface area contributed by atoms with Gasteiger partial charge in [0.15, 0.2) is 0 Å². The maximum Gasteiger partial charge on any atom is 1.00 e. The van der Waals surface area contributed by atoms with E-state index in [0.717, 1.165) is 11.9 Å². The minimum Gasteiger partial charge on any atom is -1.00 e. The molecular formula is C8H23BrIKN2. The van der Waals surface area contributed by atoms with Crippen molar-refractivity contribution >= 4 is 15.9 Å². The van der Waals surface area contributed by atoms with Gasteiger partial charge in [-0.3, -0.25) is 0 Å². The molecule has 0 aromatic rings. The monoisotopic (exact) mass is 392 g/mol. The summed E-state index contributed by atoms with van der Waals surface area (Å²) >= 11 is 3.25. The summed E-state index contributed by atoms with van der Waals surface area (Å²) in [7, 11) is 3.46. The number of alkyl halides is 1. The maximum atomic E-state index is 4.50. The van der Waals surface area contributed by atoms with Crippen LogP contribution in [0.15, 0.2) is 0 Å². The molecule has 0 spiro atoms. The molecule has 0 aromatic heterocycles. The number of hydrogen-bond acceptors (Lipinski definition) is 2. The van der Waals surface area contributed by atoms with Gasteiger partial charge in [0, 0.05) is 5.33 Å². The van der Waals surface area contributed by atoms with Gasteiger partial charge in [-0.2, -0.15) is 0 Å². The van der Waals surface area contributed by atoms with Gasteiger partial charge in [-0.25, -0.2) is 0 Å². The summed E-state index contributed by atoms with van der Waals surface area (Å²) in [5, 5.41) is 4.15. The summed E-state index contributed by atoms with van der Waals surface area (Å²) in [5.41, 5.74) is 4.50. The van der Waals surface area contributed by atoms with E-state index in [1.807, 2.05) is 7.05 Å². The van der Waals surface area contributed by atoms with Crippen molar-refractivity contribution in [3.05, 3.63) is 0 Å². The summed E-state index contributed by atoms with van der Waals surface area (Å²) in [4.78, 5) is 0. The second-order valence-electron chi connectivity index (χ2n) is 1.79. The molecule has 0 saturated heterocycles. The minimum absolute atomic E-state index is 0. The Morgan fingerprint density at radius 2 is 1.46 bits per heavy atom. The van der Waals surface area contributed by atoms with Crippen molar-refractivity contribution in [1.82, 2.24) is 5.32 Å². The summed E-state index contributed by atoms with van der Waals surface area (Å²) in [5.74, 6) is 0. The van der Waals surface area contributed by atoms with Gasteiger partial charge < -0.3 is 35.0 Å². The van der Waals surface area contributed by atoms with E-state index in [0.29, 0.717) is 0 Å². The molecule has 13 heavy (non-hydrogen) atoms. The molecule has 3 N–H and O–H groups in total. The van der Waals surface area contributed by atoms with Gasteiger partial charge in [-0.05, 0) is 33.5 Å². The molecule has 0 atom stereocenters. The molecule has 0 fully saturated rings. The Balaban J connectivity index is -0.0000000246. The van der Waals surface area contributed by atoms with Crippen LogP contribution in [-0.4, -0.2) is 26.0 Å². The van der Waals surface area contributed by atoms with Crippen LogP contribution in [-0.2, 0) is 0 Å². The van der Waals surface area contributed by atoms with E-state index in [2.05, 4.69) is 40.8 Å². The summed E-state index contributed by atoms with van der Waals surface area (Å²) in [6.07, 6.45) is 2.47. The number of nitrogens with one attached hydrogen (secondary N) is 1. The smallest absolute Gasteiger partial charge is 1.00 e. The zero-order chi connectivity index (χ0) is 9.54. The van der Waals surface area contributed by atoms with E-state index in [4.69, 9.17) is 0 Å². The van der Waals surface area contributed by atoms with Crippen molar-refractivity contribution in [1.29, 1.82) is 0 Å². The SMILES string of the molecule is CCCBr.CCCNC.CN.[I-].[K+]. The molecule has 0 aliphatic carbocycles. The van der Waals surface area contributed by atoms with Crippen molar-refractivity contribution in [2.75, 3.05) is 26.0 Å². The van der Waals surface area contributed by atoms with Crippen LogP contribution < -0.4 is 86.4 Å². The average molecular weight is 393 g/mol.